The number of carbonyl (C=O) groups is 1. The Balaban J connectivity index is 2.08. The number of methoxy groups -OCH3 is 2. The lowest BCUT2D eigenvalue weighted by atomic mass is 10.0. The lowest BCUT2D eigenvalue weighted by molar-refractivity contribution is -0.147. The number of thioether (sulfide) groups is 1. The average molecular weight is 466 g/mol. The van der Waals surface area contributed by atoms with Gasteiger partial charge in [-0.05, 0) is 43.7 Å². The topological polar surface area (TPSA) is 56.8 Å². The summed E-state index contributed by atoms with van der Waals surface area (Å²) in [6.07, 6.45) is -0.0146. The van der Waals surface area contributed by atoms with Gasteiger partial charge in [-0.2, -0.15) is 0 Å². The second kappa shape index (κ2) is 9.90. The number of hydrogen-bond donors (Lipinski definition) is 1. The molecule has 1 heterocycles. The van der Waals surface area contributed by atoms with E-state index in [0.29, 0.717) is 21.5 Å². The number of esters is 1. The summed E-state index contributed by atoms with van der Waals surface area (Å²) in [5.41, 5.74) is 2.73. The zero-order chi connectivity index (χ0) is 21.8. The molecule has 1 aliphatic heterocycles. The number of halogens is 1. The molecule has 0 bridgehead atoms. The smallest absolute Gasteiger partial charge is 0.307 e. The number of anilines is 1. The highest BCUT2D eigenvalue weighted by atomic mass is 35.5. The number of carbonyl (C=O) groups excluding carboxylic acids is 1. The third-order valence-corrected chi connectivity index (χ3v) is 6.86. The molecule has 3 rings (SSSR count). The molecule has 2 unspecified atom stereocenters. The van der Waals surface area contributed by atoms with Crippen molar-refractivity contribution < 1.29 is 19.0 Å². The van der Waals surface area contributed by atoms with Crippen LogP contribution >= 0.6 is 35.6 Å². The summed E-state index contributed by atoms with van der Waals surface area (Å²) in [6, 6.07) is 11.4. The van der Waals surface area contributed by atoms with Gasteiger partial charge in [-0.25, -0.2) is 0 Å². The first-order chi connectivity index (χ1) is 14.3. The van der Waals surface area contributed by atoms with E-state index in [0.717, 1.165) is 16.8 Å². The molecule has 2 aromatic carbocycles. The third kappa shape index (κ3) is 5.02. The number of benzene rings is 2. The Hall–Kier alpha value is -1.96. The van der Waals surface area contributed by atoms with E-state index in [2.05, 4.69) is 5.32 Å². The van der Waals surface area contributed by atoms with Gasteiger partial charge in [-0.15, -0.1) is 11.8 Å². The van der Waals surface area contributed by atoms with E-state index in [1.165, 1.54) is 0 Å². The van der Waals surface area contributed by atoms with Gasteiger partial charge in [0.2, 0.25) is 0 Å². The normalized spacial score (nSPS) is 18.3. The van der Waals surface area contributed by atoms with Gasteiger partial charge in [0, 0.05) is 16.3 Å². The predicted octanol–water partition coefficient (Wildman–Crippen LogP) is 5.64. The first-order valence-electron chi connectivity index (χ1n) is 9.50. The van der Waals surface area contributed by atoms with Crippen LogP contribution in [0.25, 0.3) is 0 Å². The van der Waals surface area contributed by atoms with Crippen molar-refractivity contribution in [3.05, 3.63) is 52.5 Å². The maximum absolute atomic E-state index is 12.4. The van der Waals surface area contributed by atoms with E-state index in [4.69, 9.17) is 38.0 Å². The monoisotopic (exact) mass is 465 g/mol. The summed E-state index contributed by atoms with van der Waals surface area (Å²) in [5.74, 6) is 0.987. The highest BCUT2D eigenvalue weighted by Crippen LogP contribution is 2.50. The second-order valence-electron chi connectivity index (χ2n) is 7.05. The van der Waals surface area contributed by atoms with Crippen molar-refractivity contribution in [2.75, 3.05) is 19.5 Å². The SMILES string of the molecule is COc1cccc(C2SC(CC(=O)OC(C)C)C(=S)Nc3ccc(Cl)cc32)c1OC. The lowest BCUT2D eigenvalue weighted by Gasteiger charge is -2.23. The van der Waals surface area contributed by atoms with Crippen LogP contribution in [0.2, 0.25) is 5.02 Å². The van der Waals surface area contributed by atoms with Gasteiger partial charge in [0.15, 0.2) is 11.5 Å². The van der Waals surface area contributed by atoms with Crippen LogP contribution in [0, 0.1) is 0 Å². The molecular formula is C22H24ClNO4S2. The van der Waals surface area contributed by atoms with Crippen LogP contribution in [0.5, 0.6) is 11.5 Å². The molecule has 2 aromatic rings. The molecule has 0 spiro atoms. The Morgan fingerprint density at radius 2 is 1.97 bits per heavy atom. The van der Waals surface area contributed by atoms with Crippen LogP contribution in [0.3, 0.4) is 0 Å². The number of nitrogens with one attached hydrogen (secondary N) is 1. The highest BCUT2D eigenvalue weighted by molar-refractivity contribution is 8.02. The maximum Gasteiger partial charge on any atom is 0.307 e. The van der Waals surface area contributed by atoms with Crippen molar-refractivity contribution in [1.82, 2.24) is 0 Å². The van der Waals surface area contributed by atoms with Gasteiger partial charge in [0.05, 0.1) is 42.2 Å². The summed E-state index contributed by atoms with van der Waals surface area (Å²) in [6.45, 7) is 3.66. The first-order valence-corrected chi connectivity index (χ1v) is 11.2. The van der Waals surface area contributed by atoms with Gasteiger partial charge < -0.3 is 19.5 Å². The molecule has 1 aliphatic rings. The summed E-state index contributed by atoms with van der Waals surface area (Å²) in [5, 5.41) is 3.45. The average Bonchev–Trinajstić information content (AvgIpc) is 2.83. The highest BCUT2D eigenvalue weighted by Gasteiger charge is 2.33. The van der Waals surface area contributed by atoms with Crippen molar-refractivity contribution in [2.24, 2.45) is 0 Å². The molecule has 2 atom stereocenters. The van der Waals surface area contributed by atoms with E-state index < -0.39 is 0 Å². The Labute approximate surface area is 191 Å². The molecule has 0 fully saturated rings. The van der Waals surface area contributed by atoms with Crippen LogP contribution < -0.4 is 14.8 Å². The Morgan fingerprint density at radius 1 is 1.20 bits per heavy atom. The third-order valence-electron chi connectivity index (χ3n) is 4.58. The van der Waals surface area contributed by atoms with Gasteiger partial charge >= 0.3 is 5.97 Å². The Morgan fingerprint density at radius 3 is 2.63 bits per heavy atom. The van der Waals surface area contributed by atoms with Crippen molar-refractivity contribution in [3.63, 3.8) is 0 Å². The Bertz CT molecular complexity index is 951. The number of rotatable bonds is 6. The lowest BCUT2D eigenvalue weighted by Crippen LogP contribution is -2.26. The van der Waals surface area contributed by atoms with E-state index in [9.17, 15) is 4.79 Å². The molecule has 0 amide bonds. The molecule has 0 aliphatic carbocycles. The largest absolute Gasteiger partial charge is 0.493 e. The summed E-state index contributed by atoms with van der Waals surface area (Å²) < 4.78 is 16.5. The van der Waals surface area contributed by atoms with Gasteiger partial charge in [-0.3, -0.25) is 4.79 Å². The minimum atomic E-state index is -0.285. The number of fused-ring (bicyclic) bond motifs is 1. The Kier molecular flexibility index (Phi) is 7.50. The second-order valence-corrected chi connectivity index (χ2v) is 9.24. The molecule has 5 nitrogen and oxygen atoms in total. The van der Waals surface area contributed by atoms with Crippen LogP contribution in [0.15, 0.2) is 36.4 Å². The van der Waals surface area contributed by atoms with Crippen LogP contribution in [-0.4, -0.2) is 36.5 Å². The van der Waals surface area contributed by atoms with Crippen LogP contribution in [0.4, 0.5) is 5.69 Å². The first kappa shape index (κ1) is 22.7. The zero-order valence-corrected chi connectivity index (χ0v) is 19.6. The minimum Gasteiger partial charge on any atom is -0.493 e. The molecule has 0 saturated carbocycles. The van der Waals surface area contributed by atoms with Gasteiger partial charge in [0.1, 0.15) is 0 Å². The number of hydrogen-bond acceptors (Lipinski definition) is 6. The fourth-order valence-electron chi connectivity index (χ4n) is 3.34. The number of thiocarbonyl (C=S) groups is 1. The van der Waals surface area contributed by atoms with E-state index in [1.807, 2.05) is 50.2 Å². The fourth-order valence-corrected chi connectivity index (χ4v) is 5.30. The molecule has 1 N–H and O–H groups in total. The van der Waals surface area contributed by atoms with Crippen molar-refractivity contribution in [3.8, 4) is 11.5 Å². The van der Waals surface area contributed by atoms with E-state index in [-0.39, 0.29) is 29.0 Å². The molecule has 0 aromatic heterocycles. The molecule has 160 valence electrons. The molecule has 30 heavy (non-hydrogen) atoms. The number of para-hydroxylation sites is 1. The van der Waals surface area contributed by atoms with Gasteiger partial charge in [0.25, 0.3) is 0 Å². The zero-order valence-electron chi connectivity index (χ0n) is 17.2. The molecule has 8 heteroatoms. The summed E-state index contributed by atoms with van der Waals surface area (Å²) >= 11 is 13.5. The van der Waals surface area contributed by atoms with Crippen molar-refractivity contribution >= 4 is 52.2 Å². The molecule has 0 saturated heterocycles. The fraction of sp³-hybridized carbons (Fsp3) is 0.364. The quantitative estimate of drug-likeness (QED) is 0.437. The van der Waals surface area contributed by atoms with Crippen molar-refractivity contribution in [1.29, 1.82) is 0 Å². The van der Waals surface area contributed by atoms with Crippen molar-refractivity contribution in [2.45, 2.75) is 36.9 Å². The van der Waals surface area contributed by atoms with E-state index in [1.54, 1.807) is 26.0 Å². The van der Waals surface area contributed by atoms with E-state index >= 15 is 0 Å². The maximum atomic E-state index is 12.4. The molecular weight excluding hydrogens is 442 g/mol. The molecule has 0 radical (unpaired) electrons. The predicted molar refractivity (Wildman–Crippen MR) is 126 cm³/mol. The summed E-state index contributed by atoms with van der Waals surface area (Å²) in [7, 11) is 3.22. The summed E-state index contributed by atoms with van der Waals surface area (Å²) in [4.78, 5) is 13.0. The standard InChI is InChI=1S/C22H24ClNO4S2/c1-12(2)28-19(25)11-18-22(29)24-16-9-8-13(23)10-15(16)21(30-18)14-6-5-7-17(26-3)20(14)27-4/h5-10,12,18,21H,11H2,1-4H3,(H,24,29). The van der Waals surface area contributed by atoms with Crippen LogP contribution in [0.1, 0.15) is 36.6 Å². The van der Waals surface area contributed by atoms with Crippen LogP contribution in [-0.2, 0) is 9.53 Å². The number of ether oxygens (including phenoxy) is 3. The minimum absolute atomic E-state index is 0.166. The van der Waals surface area contributed by atoms with Gasteiger partial charge in [-0.1, -0.05) is 36.0 Å².